The summed E-state index contributed by atoms with van der Waals surface area (Å²) < 4.78 is 5.12. The zero-order chi connectivity index (χ0) is 13.7. The van der Waals surface area contributed by atoms with Gasteiger partial charge in [-0.2, -0.15) is 0 Å². The van der Waals surface area contributed by atoms with Gasteiger partial charge in [-0.25, -0.2) is 4.79 Å². The Labute approximate surface area is 108 Å². The van der Waals surface area contributed by atoms with Gasteiger partial charge in [0.1, 0.15) is 5.75 Å². The zero-order valence-corrected chi connectivity index (χ0v) is 11.4. The van der Waals surface area contributed by atoms with Gasteiger partial charge in [0.25, 0.3) is 0 Å². The number of carboxylic acids is 1. The molecule has 1 atom stereocenters. The van der Waals surface area contributed by atoms with Crippen molar-refractivity contribution in [2.24, 2.45) is 5.92 Å². The van der Waals surface area contributed by atoms with E-state index >= 15 is 0 Å². The average molecular weight is 251 g/mol. The number of hydrogen-bond donors (Lipinski definition) is 2. The Morgan fingerprint density at radius 1 is 1.39 bits per heavy atom. The molecule has 0 amide bonds. The van der Waals surface area contributed by atoms with Gasteiger partial charge in [0.2, 0.25) is 0 Å². The molecule has 0 aliphatic carbocycles. The zero-order valence-electron chi connectivity index (χ0n) is 11.4. The van der Waals surface area contributed by atoms with Crippen LogP contribution in [0.25, 0.3) is 0 Å². The van der Waals surface area contributed by atoms with Gasteiger partial charge in [-0.05, 0) is 31.4 Å². The Hall–Kier alpha value is -1.71. The molecule has 0 saturated carbocycles. The average Bonchev–Trinajstić information content (AvgIpc) is 2.27. The first-order valence-corrected chi connectivity index (χ1v) is 6.12. The third kappa shape index (κ3) is 3.95. The molecule has 1 rings (SSSR count). The van der Waals surface area contributed by atoms with Crippen LogP contribution in [0.2, 0.25) is 0 Å². The van der Waals surface area contributed by atoms with Crippen LogP contribution in [0.5, 0.6) is 5.75 Å². The molecule has 1 unspecified atom stereocenters. The van der Waals surface area contributed by atoms with Crippen molar-refractivity contribution in [1.82, 2.24) is 0 Å². The number of nitrogens with one attached hydrogen (secondary N) is 1. The quantitative estimate of drug-likeness (QED) is 0.815. The minimum absolute atomic E-state index is 0.218. The first-order chi connectivity index (χ1) is 8.43. The summed E-state index contributed by atoms with van der Waals surface area (Å²) in [6.45, 7) is 6.33. The van der Waals surface area contributed by atoms with Gasteiger partial charge in [0.15, 0.2) is 0 Å². The van der Waals surface area contributed by atoms with Gasteiger partial charge in [0, 0.05) is 12.1 Å². The summed E-state index contributed by atoms with van der Waals surface area (Å²) in [6.07, 6.45) is 0.982. The maximum atomic E-state index is 11.1. The summed E-state index contributed by atoms with van der Waals surface area (Å²) in [5, 5.41) is 12.4. The van der Waals surface area contributed by atoms with Crippen LogP contribution in [-0.2, 0) is 0 Å². The van der Waals surface area contributed by atoms with Gasteiger partial charge < -0.3 is 15.2 Å². The van der Waals surface area contributed by atoms with Gasteiger partial charge >= 0.3 is 5.97 Å². The van der Waals surface area contributed by atoms with Crippen LogP contribution in [0.1, 0.15) is 37.6 Å². The minimum Gasteiger partial charge on any atom is -0.497 e. The Morgan fingerprint density at radius 2 is 2.06 bits per heavy atom. The van der Waals surface area contributed by atoms with Crippen molar-refractivity contribution in [3.63, 3.8) is 0 Å². The highest BCUT2D eigenvalue weighted by atomic mass is 16.5. The Bertz CT molecular complexity index is 416. The van der Waals surface area contributed by atoms with E-state index in [1.54, 1.807) is 25.3 Å². The van der Waals surface area contributed by atoms with Gasteiger partial charge in [0.05, 0.1) is 18.4 Å². The molecule has 1 aromatic carbocycles. The molecule has 0 saturated heterocycles. The van der Waals surface area contributed by atoms with E-state index in [-0.39, 0.29) is 11.6 Å². The molecule has 2 N–H and O–H groups in total. The predicted molar refractivity (Wildman–Crippen MR) is 72.5 cm³/mol. The highest BCUT2D eigenvalue weighted by molar-refractivity contribution is 5.94. The Kier molecular flexibility index (Phi) is 5.01. The normalized spacial score (nSPS) is 12.3. The number of ether oxygens (including phenoxy) is 1. The summed E-state index contributed by atoms with van der Waals surface area (Å²) in [6, 6.07) is 5.16. The van der Waals surface area contributed by atoms with E-state index < -0.39 is 5.97 Å². The third-order valence-electron chi connectivity index (χ3n) is 2.68. The van der Waals surface area contributed by atoms with E-state index in [1.807, 2.05) is 6.92 Å². The van der Waals surface area contributed by atoms with Crippen LogP contribution >= 0.6 is 0 Å². The van der Waals surface area contributed by atoms with Crippen molar-refractivity contribution in [3.05, 3.63) is 23.8 Å². The molecule has 0 aromatic heterocycles. The first kappa shape index (κ1) is 14.4. The van der Waals surface area contributed by atoms with Crippen molar-refractivity contribution in [1.29, 1.82) is 0 Å². The summed E-state index contributed by atoms with van der Waals surface area (Å²) in [5.74, 6) is 0.280. The highest BCUT2D eigenvalue weighted by Gasteiger charge is 2.13. The molecule has 4 nitrogen and oxygen atoms in total. The van der Waals surface area contributed by atoms with Crippen LogP contribution in [0.4, 0.5) is 5.69 Å². The monoisotopic (exact) mass is 251 g/mol. The molecule has 0 heterocycles. The molecular formula is C14H21NO3. The smallest absolute Gasteiger partial charge is 0.337 e. The third-order valence-corrected chi connectivity index (χ3v) is 2.68. The van der Waals surface area contributed by atoms with Gasteiger partial charge in [-0.3, -0.25) is 0 Å². The van der Waals surface area contributed by atoms with Gasteiger partial charge in [-0.15, -0.1) is 0 Å². The molecule has 100 valence electrons. The molecule has 0 spiro atoms. The molecule has 1 aromatic rings. The minimum atomic E-state index is -0.933. The van der Waals surface area contributed by atoms with Crippen molar-refractivity contribution in [2.75, 3.05) is 12.4 Å². The van der Waals surface area contributed by atoms with E-state index in [1.165, 1.54) is 0 Å². The second-order valence-electron chi connectivity index (χ2n) is 4.89. The molecule has 0 bridgehead atoms. The van der Waals surface area contributed by atoms with Crippen molar-refractivity contribution in [2.45, 2.75) is 33.2 Å². The van der Waals surface area contributed by atoms with E-state index in [0.717, 1.165) is 6.42 Å². The van der Waals surface area contributed by atoms with E-state index in [4.69, 9.17) is 9.84 Å². The SMILES string of the molecule is COc1ccc(C(=O)O)c(NC(C)CC(C)C)c1. The summed E-state index contributed by atoms with van der Waals surface area (Å²) in [7, 11) is 1.57. The number of carbonyl (C=O) groups is 1. The largest absolute Gasteiger partial charge is 0.497 e. The molecule has 4 heteroatoms. The highest BCUT2D eigenvalue weighted by Crippen LogP contribution is 2.24. The second kappa shape index (κ2) is 6.28. The standard InChI is InChI=1S/C14H21NO3/c1-9(2)7-10(3)15-13-8-11(18-4)5-6-12(13)14(16)17/h5-6,8-10,15H,7H2,1-4H3,(H,16,17). The molecule has 0 aliphatic heterocycles. The number of methoxy groups -OCH3 is 1. The summed E-state index contributed by atoms with van der Waals surface area (Å²) in [4.78, 5) is 11.1. The van der Waals surface area contributed by atoms with Crippen LogP contribution in [0, 0.1) is 5.92 Å². The van der Waals surface area contributed by atoms with Crippen molar-refractivity contribution >= 4 is 11.7 Å². The molecule has 0 radical (unpaired) electrons. The number of aromatic carboxylic acids is 1. The van der Waals surface area contributed by atoms with Gasteiger partial charge in [-0.1, -0.05) is 13.8 Å². The topological polar surface area (TPSA) is 58.6 Å². The number of hydrogen-bond acceptors (Lipinski definition) is 3. The maximum Gasteiger partial charge on any atom is 0.337 e. The fourth-order valence-corrected chi connectivity index (χ4v) is 1.99. The summed E-state index contributed by atoms with van der Waals surface area (Å²) >= 11 is 0. The fourth-order valence-electron chi connectivity index (χ4n) is 1.99. The molecule has 0 fully saturated rings. The number of rotatable bonds is 6. The number of carboxylic acid groups (broad SMARTS) is 1. The van der Waals surface area contributed by atoms with E-state index in [2.05, 4.69) is 19.2 Å². The Balaban J connectivity index is 2.93. The second-order valence-corrected chi connectivity index (χ2v) is 4.89. The van der Waals surface area contributed by atoms with Crippen LogP contribution in [0.15, 0.2) is 18.2 Å². The number of anilines is 1. The van der Waals surface area contributed by atoms with Crippen molar-refractivity contribution in [3.8, 4) is 5.75 Å². The molecule has 0 aliphatic rings. The molecule has 18 heavy (non-hydrogen) atoms. The lowest BCUT2D eigenvalue weighted by Gasteiger charge is -2.19. The molecular weight excluding hydrogens is 230 g/mol. The summed E-state index contributed by atoms with van der Waals surface area (Å²) in [5.41, 5.74) is 0.876. The lowest BCUT2D eigenvalue weighted by molar-refractivity contribution is 0.0698. The number of benzene rings is 1. The lowest BCUT2D eigenvalue weighted by atomic mass is 10.0. The maximum absolute atomic E-state index is 11.1. The fraction of sp³-hybridized carbons (Fsp3) is 0.500. The van der Waals surface area contributed by atoms with E-state index in [9.17, 15) is 4.79 Å². The first-order valence-electron chi connectivity index (χ1n) is 6.12. The lowest BCUT2D eigenvalue weighted by Crippen LogP contribution is -2.19. The Morgan fingerprint density at radius 3 is 2.56 bits per heavy atom. The van der Waals surface area contributed by atoms with Crippen LogP contribution < -0.4 is 10.1 Å². The predicted octanol–water partition coefficient (Wildman–Crippen LogP) is 3.24. The van der Waals surface area contributed by atoms with Crippen molar-refractivity contribution < 1.29 is 14.6 Å². The van der Waals surface area contributed by atoms with Crippen LogP contribution in [0.3, 0.4) is 0 Å². The van der Waals surface area contributed by atoms with Crippen LogP contribution in [-0.4, -0.2) is 24.2 Å². The van der Waals surface area contributed by atoms with E-state index in [0.29, 0.717) is 17.4 Å².